The lowest BCUT2D eigenvalue weighted by Gasteiger charge is -2.44. The molecule has 0 N–H and O–H groups in total. The third-order valence-electron chi connectivity index (χ3n) is 7.55. The Morgan fingerprint density at radius 2 is 1.47 bits per heavy atom. The molecule has 43 heavy (non-hydrogen) atoms. The fourth-order valence-electron chi connectivity index (χ4n) is 5.67. The summed E-state index contributed by atoms with van der Waals surface area (Å²) in [5, 5.41) is 0.349. The summed E-state index contributed by atoms with van der Waals surface area (Å²) in [6, 6.07) is 12.9. The summed E-state index contributed by atoms with van der Waals surface area (Å²) in [7, 11) is 0. The van der Waals surface area contributed by atoms with E-state index in [0.717, 1.165) is 19.4 Å². The molecule has 0 amide bonds. The van der Waals surface area contributed by atoms with Crippen LogP contribution < -0.4 is 0 Å². The molecule has 1 aliphatic heterocycles. The van der Waals surface area contributed by atoms with E-state index in [2.05, 4.69) is 12.1 Å². The zero-order valence-electron chi connectivity index (χ0n) is 24.4. The predicted octanol–water partition coefficient (Wildman–Crippen LogP) is 4.50. The number of hydrogen-bond donors (Lipinski definition) is 0. The molecular weight excluding hydrogens is 561 g/mol. The lowest BCUT2D eigenvalue weighted by atomic mass is 9.97. The Morgan fingerprint density at radius 3 is 2.07 bits per heavy atom. The zero-order chi connectivity index (χ0) is 30.8. The van der Waals surface area contributed by atoms with Gasteiger partial charge in [0.15, 0.2) is 24.5 Å². The second-order valence-electron chi connectivity index (χ2n) is 11.0. The molecule has 5 rings (SSSR count). The van der Waals surface area contributed by atoms with Crippen LogP contribution in [0.1, 0.15) is 69.4 Å². The number of carbonyl (C=O) groups excluding carboxylic acids is 4. The van der Waals surface area contributed by atoms with E-state index in [1.165, 1.54) is 38.3 Å². The summed E-state index contributed by atoms with van der Waals surface area (Å²) < 4.78 is 45.3. The summed E-state index contributed by atoms with van der Waals surface area (Å²) >= 11 is 0. The fourth-order valence-corrected chi connectivity index (χ4v) is 5.67. The molecule has 2 aliphatic rings. The van der Waals surface area contributed by atoms with E-state index < -0.39 is 60.3 Å². The minimum atomic E-state index is -1.34. The average Bonchev–Trinajstić information content (AvgIpc) is 3.72. The number of esters is 4. The van der Waals surface area contributed by atoms with E-state index in [0.29, 0.717) is 28.8 Å². The molecule has 2 heterocycles. The highest BCUT2D eigenvalue weighted by Gasteiger charge is 2.53. The molecular formula is C32H34FNO9. The Labute approximate surface area is 248 Å². The van der Waals surface area contributed by atoms with Gasteiger partial charge in [0.2, 0.25) is 0 Å². The lowest BCUT2D eigenvalue weighted by Crippen LogP contribution is -2.60. The Balaban J connectivity index is 1.60. The molecule has 1 aromatic heterocycles. The van der Waals surface area contributed by atoms with Crippen LogP contribution in [-0.2, 0) is 49.3 Å². The van der Waals surface area contributed by atoms with Crippen molar-refractivity contribution < 1.29 is 47.3 Å². The maximum Gasteiger partial charge on any atom is 0.303 e. The van der Waals surface area contributed by atoms with Crippen LogP contribution in [0.15, 0.2) is 48.7 Å². The van der Waals surface area contributed by atoms with E-state index in [4.69, 9.17) is 23.7 Å². The quantitative estimate of drug-likeness (QED) is 0.260. The van der Waals surface area contributed by atoms with Gasteiger partial charge in [-0.25, -0.2) is 4.39 Å². The fraction of sp³-hybridized carbons (Fsp3) is 0.438. The van der Waals surface area contributed by atoms with Crippen LogP contribution in [-0.4, -0.2) is 59.5 Å². The number of hydrogen-bond acceptors (Lipinski definition) is 9. The minimum Gasteiger partial charge on any atom is -0.463 e. The molecule has 1 saturated carbocycles. The van der Waals surface area contributed by atoms with E-state index in [-0.39, 0.29) is 6.61 Å². The highest BCUT2D eigenvalue weighted by atomic mass is 19.1. The summed E-state index contributed by atoms with van der Waals surface area (Å²) in [6.07, 6.45) is -1.76. The predicted molar refractivity (Wildman–Crippen MR) is 150 cm³/mol. The highest BCUT2D eigenvalue weighted by molar-refractivity contribution is 5.85. The zero-order valence-corrected chi connectivity index (χ0v) is 24.4. The number of aromatic nitrogens is 1. The van der Waals surface area contributed by atoms with Crippen molar-refractivity contribution >= 4 is 34.8 Å². The molecule has 0 spiro atoms. The molecule has 0 bridgehead atoms. The van der Waals surface area contributed by atoms with Gasteiger partial charge in [0.25, 0.3) is 0 Å². The molecule has 0 radical (unpaired) electrons. The van der Waals surface area contributed by atoms with Gasteiger partial charge in [0.1, 0.15) is 18.5 Å². The first kappa shape index (κ1) is 30.2. The topological polar surface area (TPSA) is 119 Å². The van der Waals surface area contributed by atoms with Crippen molar-refractivity contribution in [2.75, 3.05) is 6.61 Å². The van der Waals surface area contributed by atoms with E-state index in [1.54, 1.807) is 22.9 Å². The van der Waals surface area contributed by atoms with Crippen molar-refractivity contribution in [2.24, 2.45) is 0 Å². The number of carbonyl (C=O) groups is 4. The molecule has 2 aromatic carbocycles. The van der Waals surface area contributed by atoms with Gasteiger partial charge in [0.05, 0.1) is 5.52 Å². The summed E-state index contributed by atoms with van der Waals surface area (Å²) in [5.74, 6) is -2.62. The smallest absolute Gasteiger partial charge is 0.303 e. The minimum absolute atomic E-state index is 0.349. The van der Waals surface area contributed by atoms with Crippen LogP contribution >= 0.6 is 0 Å². The lowest BCUT2D eigenvalue weighted by molar-refractivity contribution is -0.267. The van der Waals surface area contributed by atoms with Gasteiger partial charge in [-0.2, -0.15) is 0 Å². The van der Waals surface area contributed by atoms with Gasteiger partial charge in [-0.1, -0.05) is 30.3 Å². The van der Waals surface area contributed by atoms with Crippen LogP contribution in [0.4, 0.5) is 4.39 Å². The third-order valence-corrected chi connectivity index (χ3v) is 7.55. The highest BCUT2D eigenvalue weighted by Crippen LogP contribution is 2.41. The van der Waals surface area contributed by atoms with Crippen molar-refractivity contribution in [3.63, 3.8) is 0 Å². The van der Waals surface area contributed by atoms with Gasteiger partial charge < -0.3 is 28.3 Å². The largest absolute Gasteiger partial charge is 0.463 e. The number of benzene rings is 2. The van der Waals surface area contributed by atoms with Crippen molar-refractivity contribution in [3.8, 4) is 0 Å². The Morgan fingerprint density at radius 1 is 0.837 bits per heavy atom. The Hall–Kier alpha value is -4.25. The molecule has 3 aromatic rings. The van der Waals surface area contributed by atoms with Crippen molar-refractivity contribution in [3.05, 3.63) is 71.2 Å². The van der Waals surface area contributed by atoms with Crippen LogP contribution in [0.5, 0.6) is 0 Å². The molecule has 11 heteroatoms. The molecule has 1 saturated heterocycles. The van der Waals surface area contributed by atoms with Gasteiger partial charge in [0, 0.05) is 39.3 Å². The molecule has 2 fully saturated rings. The molecule has 5 atom stereocenters. The van der Waals surface area contributed by atoms with Crippen LogP contribution in [0.2, 0.25) is 0 Å². The number of halogens is 1. The first-order valence-electron chi connectivity index (χ1n) is 14.2. The van der Waals surface area contributed by atoms with Crippen LogP contribution in [0, 0.1) is 5.82 Å². The monoisotopic (exact) mass is 595 g/mol. The number of rotatable bonds is 9. The Kier molecular flexibility index (Phi) is 8.82. The molecule has 1 aliphatic carbocycles. The number of ether oxygens (including phenoxy) is 5. The molecule has 0 unspecified atom stereocenters. The van der Waals surface area contributed by atoms with Gasteiger partial charge in [-0.15, -0.1) is 0 Å². The van der Waals surface area contributed by atoms with Gasteiger partial charge in [-0.05, 0) is 54.0 Å². The summed E-state index contributed by atoms with van der Waals surface area (Å²) in [4.78, 5) is 48.3. The first-order chi connectivity index (χ1) is 20.5. The maximum atomic E-state index is 15.4. The average molecular weight is 596 g/mol. The van der Waals surface area contributed by atoms with E-state index in [1.807, 2.05) is 12.1 Å². The summed E-state index contributed by atoms with van der Waals surface area (Å²) in [5.41, 5.74) is 3.36. The SMILES string of the molecule is CC(=O)OC[C@H]1O[C@@H](n2cc(Cc3ccc(C4CC4)cc3)c3c(F)cccc32)[C@H](OC(C)=O)[C@@H](OC(C)=O)[C@@H]1OC(C)=O. The summed E-state index contributed by atoms with van der Waals surface area (Å²) in [6.45, 7) is 4.35. The first-order valence-corrected chi connectivity index (χ1v) is 14.2. The second kappa shape index (κ2) is 12.5. The van der Waals surface area contributed by atoms with Crippen LogP contribution in [0.3, 0.4) is 0 Å². The second-order valence-corrected chi connectivity index (χ2v) is 11.0. The van der Waals surface area contributed by atoms with Crippen molar-refractivity contribution in [2.45, 2.75) is 83.5 Å². The van der Waals surface area contributed by atoms with E-state index >= 15 is 4.39 Å². The standard InChI is InChI=1S/C32H34FNO9/c1-17(35)39-16-27-29(40-18(2)36)30(41-19(3)37)31(42-20(4)38)32(43-27)34-15-24(28-25(33)6-5-7-26(28)34)14-21-8-10-22(11-9-21)23-12-13-23/h5-11,15,23,27,29-32H,12-14,16H2,1-4H3/t27-,29-,30+,31-,32-/m1/s1. The van der Waals surface area contributed by atoms with Crippen molar-refractivity contribution in [1.29, 1.82) is 0 Å². The third kappa shape index (κ3) is 6.88. The van der Waals surface area contributed by atoms with Gasteiger partial charge in [-0.3, -0.25) is 19.2 Å². The number of fused-ring (bicyclic) bond motifs is 1. The maximum absolute atomic E-state index is 15.4. The number of nitrogens with zero attached hydrogens (tertiary/aromatic N) is 1. The van der Waals surface area contributed by atoms with Crippen molar-refractivity contribution in [1.82, 2.24) is 4.57 Å². The molecule has 10 nitrogen and oxygen atoms in total. The Bertz CT molecular complexity index is 1530. The van der Waals surface area contributed by atoms with E-state index in [9.17, 15) is 19.2 Å². The normalized spacial score (nSPS) is 23.4. The van der Waals surface area contributed by atoms with Gasteiger partial charge >= 0.3 is 23.9 Å². The van der Waals surface area contributed by atoms with Crippen LogP contribution in [0.25, 0.3) is 10.9 Å². The molecule has 228 valence electrons.